The fraction of sp³-hybridized carbons (Fsp3) is 0.500. The smallest absolute Gasteiger partial charge is 0.185 e. The molecule has 0 spiro atoms. The van der Waals surface area contributed by atoms with Gasteiger partial charge in [-0.15, -0.1) is 0 Å². The van der Waals surface area contributed by atoms with Crippen molar-refractivity contribution in [1.29, 1.82) is 0 Å². The maximum atomic E-state index is 12.3. The molecule has 0 saturated carbocycles. The minimum absolute atomic E-state index is 0.138. The van der Waals surface area contributed by atoms with Crippen molar-refractivity contribution in [2.45, 2.75) is 39.7 Å². The molecule has 0 aromatic heterocycles. The molecule has 2 heteroatoms. The predicted molar refractivity (Wildman–Crippen MR) is 63.9 cm³/mol. The van der Waals surface area contributed by atoms with Gasteiger partial charge in [0.1, 0.15) is 5.76 Å². The molecule has 0 N–H and O–H groups in total. The quantitative estimate of drug-likeness (QED) is 0.624. The number of ether oxygens (including phenoxy) is 1. The Labute approximate surface area is 96.7 Å². The van der Waals surface area contributed by atoms with Gasteiger partial charge >= 0.3 is 0 Å². The van der Waals surface area contributed by atoms with Gasteiger partial charge in [0.25, 0.3) is 0 Å². The van der Waals surface area contributed by atoms with E-state index in [9.17, 15) is 4.79 Å². The van der Waals surface area contributed by atoms with Crippen LogP contribution in [0.15, 0.2) is 35.6 Å². The van der Waals surface area contributed by atoms with Crippen molar-refractivity contribution in [2.24, 2.45) is 5.41 Å². The zero-order valence-electron chi connectivity index (χ0n) is 10.3. The summed E-state index contributed by atoms with van der Waals surface area (Å²) in [4.78, 5) is 12.3. The van der Waals surface area contributed by atoms with Crippen molar-refractivity contribution in [3.8, 4) is 0 Å². The molecule has 0 aromatic rings. The fourth-order valence-corrected chi connectivity index (χ4v) is 2.42. The van der Waals surface area contributed by atoms with Gasteiger partial charge < -0.3 is 4.74 Å². The second kappa shape index (κ2) is 3.34. The molecule has 0 unspecified atom stereocenters. The Morgan fingerprint density at radius 2 is 1.94 bits per heavy atom. The topological polar surface area (TPSA) is 26.3 Å². The van der Waals surface area contributed by atoms with Crippen LogP contribution >= 0.6 is 0 Å². The molecule has 0 radical (unpaired) electrons. The highest BCUT2D eigenvalue weighted by Gasteiger charge is 2.49. The Hall–Kier alpha value is -1.31. The Bertz CT molecular complexity index is 420. The third-order valence-corrected chi connectivity index (χ3v) is 3.26. The average Bonchev–Trinajstić information content (AvgIpc) is 2.40. The first-order valence-electron chi connectivity index (χ1n) is 5.67. The molecule has 0 atom stereocenters. The summed E-state index contributed by atoms with van der Waals surface area (Å²) in [7, 11) is 0. The van der Waals surface area contributed by atoms with Gasteiger partial charge in [-0.05, 0) is 40.2 Å². The molecule has 0 bridgehead atoms. The largest absolute Gasteiger partial charge is 0.480 e. The molecule has 2 rings (SSSR count). The maximum Gasteiger partial charge on any atom is 0.185 e. The number of Topliss-reactive ketones (excluding diaryl/α,β-unsaturated/α-hetero) is 1. The van der Waals surface area contributed by atoms with E-state index in [0.717, 1.165) is 17.8 Å². The van der Waals surface area contributed by atoms with E-state index >= 15 is 0 Å². The first kappa shape index (κ1) is 11.2. The zero-order valence-corrected chi connectivity index (χ0v) is 10.3. The van der Waals surface area contributed by atoms with Gasteiger partial charge in [0.2, 0.25) is 0 Å². The second-order valence-electron chi connectivity index (χ2n) is 5.38. The molecule has 16 heavy (non-hydrogen) atoms. The van der Waals surface area contributed by atoms with E-state index in [1.54, 1.807) is 0 Å². The van der Waals surface area contributed by atoms with Gasteiger partial charge in [0.05, 0.1) is 5.41 Å². The number of carbonyl (C=O) groups is 1. The first-order chi connectivity index (χ1) is 7.36. The van der Waals surface area contributed by atoms with Crippen molar-refractivity contribution in [3.05, 3.63) is 35.6 Å². The first-order valence-corrected chi connectivity index (χ1v) is 5.67. The van der Waals surface area contributed by atoms with Crippen LogP contribution in [0.3, 0.4) is 0 Å². The predicted octanol–water partition coefficient (Wildman–Crippen LogP) is 3.16. The zero-order chi connectivity index (χ0) is 12.0. The lowest BCUT2D eigenvalue weighted by molar-refractivity contribution is -0.147. The van der Waals surface area contributed by atoms with E-state index in [1.165, 1.54) is 0 Å². The van der Waals surface area contributed by atoms with Crippen LogP contribution < -0.4 is 0 Å². The van der Waals surface area contributed by atoms with Crippen molar-refractivity contribution in [3.63, 3.8) is 0 Å². The van der Waals surface area contributed by atoms with Crippen molar-refractivity contribution >= 4 is 5.78 Å². The number of hydrogen-bond acceptors (Lipinski definition) is 2. The maximum absolute atomic E-state index is 12.3. The van der Waals surface area contributed by atoms with Gasteiger partial charge in [-0.1, -0.05) is 18.2 Å². The molecular formula is C14H18O2. The van der Waals surface area contributed by atoms with Crippen LogP contribution in [0.1, 0.15) is 34.1 Å². The summed E-state index contributed by atoms with van der Waals surface area (Å²) in [5, 5.41) is 0. The van der Waals surface area contributed by atoms with Gasteiger partial charge in [-0.2, -0.15) is 0 Å². The third-order valence-electron chi connectivity index (χ3n) is 3.26. The van der Waals surface area contributed by atoms with Gasteiger partial charge in [0, 0.05) is 5.57 Å². The number of ketones is 1. The van der Waals surface area contributed by atoms with E-state index in [2.05, 4.69) is 6.08 Å². The van der Waals surface area contributed by atoms with Crippen LogP contribution in [0.4, 0.5) is 0 Å². The number of allylic oxidation sites excluding steroid dienone is 5. The van der Waals surface area contributed by atoms with Gasteiger partial charge in [0.15, 0.2) is 11.4 Å². The van der Waals surface area contributed by atoms with Crippen molar-refractivity contribution in [2.75, 3.05) is 0 Å². The van der Waals surface area contributed by atoms with Crippen LogP contribution in [0, 0.1) is 5.41 Å². The summed E-state index contributed by atoms with van der Waals surface area (Å²) in [6.45, 7) is 7.62. The lowest BCUT2D eigenvalue weighted by Gasteiger charge is -2.42. The summed E-state index contributed by atoms with van der Waals surface area (Å²) in [5.41, 5.74) is -0.204. The Kier molecular flexibility index (Phi) is 2.33. The Morgan fingerprint density at radius 1 is 1.25 bits per heavy atom. The SMILES string of the molecule is CC1(C)OC2=CCC=CC=C2C(C)(C)C1=O. The normalized spacial score (nSPS) is 26.1. The number of carbonyl (C=O) groups excluding carboxylic acids is 1. The third kappa shape index (κ3) is 1.53. The number of rotatable bonds is 0. The molecule has 2 nitrogen and oxygen atoms in total. The Morgan fingerprint density at radius 3 is 2.62 bits per heavy atom. The van der Waals surface area contributed by atoms with Crippen molar-refractivity contribution in [1.82, 2.24) is 0 Å². The highest BCUT2D eigenvalue weighted by atomic mass is 16.5. The van der Waals surface area contributed by atoms with Gasteiger partial charge in [-0.25, -0.2) is 0 Å². The lowest BCUT2D eigenvalue weighted by Crippen LogP contribution is -2.49. The van der Waals surface area contributed by atoms with Gasteiger partial charge in [-0.3, -0.25) is 4.79 Å². The summed E-state index contributed by atoms with van der Waals surface area (Å²) in [5.74, 6) is 0.998. The van der Waals surface area contributed by atoms with E-state index < -0.39 is 11.0 Å². The molecular weight excluding hydrogens is 200 g/mol. The monoisotopic (exact) mass is 218 g/mol. The summed E-state index contributed by atoms with van der Waals surface area (Å²) >= 11 is 0. The lowest BCUT2D eigenvalue weighted by atomic mass is 9.71. The summed E-state index contributed by atoms with van der Waals surface area (Å²) in [6, 6.07) is 0. The minimum atomic E-state index is -0.725. The molecule has 1 fully saturated rings. The molecule has 1 aliphatic carbocycles. The second-order valence-corrected chi connectivity index (χ2v) is 5.38. The highest BCUT2D eigenvalue weighted by Crippen LogP contribution is 2.44. The molecule has 86 valence electrons. The standard InChI is InChI=1S/C14H18O2/c1-13(2)10-8-6-5-7-9-11(10)16-14(3,4)12(13)15/h5-6,8-9H,7H2,1-4H3. The molecule has 1 heterocycles. The van der Waals surface area contributed by atoms with Crippen molar-refractivity contribution < 1.29 is 9.53 Å². The molecule has 0 amide bonds. The minimum Gasteiger partial charge on any atom is -0.480 e. The molecule has 1 aliphatic heterocycles. The molecule has 2 aliphatic rings. The van der Waals surface area contributed by atoms with Crippen LogP contribution in [0.25, 0.3) is 0 Å². The average molecular weight is 218 g/mol. The van der Waals surface area contributed by atoms with E-state index in [0.29, 0.717) is 0 Å². The van der Waals surface area contributed by atoms with E-state index in [-0.39, 0.29) is 5.78 Å². The van der Waals surface area contributed by atoms with Crippen LogP contribution in [-0.4, -0.2) is 11.4 Å². The molecule has 0 aromatic carbocycles. The number of hydrogen-bond donors (Lipinski definition) is 0. The van der Waals surface area contributed by atoms with E-state index in [1.807, 2.05) is 45.9 Å². The Balaban J connectivity index is 2.55. The van der Waals surface area contributed by atoms with E-state index in [4.69, 9.17) is 4.74 Å². The molecule has 1 saturated heterocycles. The summed E-state index contributed by atoms with van der Waals surface area (Å²) in [6.07, 6.45) is 8.96. The van der Waals surface area contributed by atoms with Crippen LogP contribution in [0.2, 0.25) is 0 Å². The van der Waals surface area contributed by atoms with Crippen LogP contribution in [0.5, 0.6) is 0 Å². The van der Waals surface area contributed by atoms with Crippen LogP contribution in [-0.2, 0) is 9.53 Å². The fourth-order valence-electron chi connectivity index (χ4n) is 2.42. The summed E-state index contributed by atoms with van der Waals surface area (Å²) < 4.78 is 5.81. The highest BCUT2D eigenvalue weighted by molar-refractivity contribution is 5.96. The number of fused-ring (bicyclic) bond motifs is 1.